The van der Waals surface area contributed by atoms with E-state index in [1.807, 2.05) is 12.1 Å². The summed E-state index contributed by atoms with van der Waals surface area (Å²) in [5.74, 6) is 0.991. The van der Waals surface area contributed by atoms with Gasteiger partial charge in [0.2, 0.25) is 0 Å². The Balaban J connectivity index is 1.33. The Morgan fingerprint density at radius 3 is 2.67 bits per heavy atom. The fourth-order valence-corrected chi connectivity index (χ4v) is 6.13. The van der Waals surface area contributed by atoms with Crippen LogP contribution in [0.5, 0.6) is 0 Å². The number of aliphatic hydroxyl groups is 1. The van der Waals surface area contributed by atoms with Crippen LogP contribution in [0.15, 0.2) is 36.4 Å². The maximum absolute atomic E-state index is 11.4. The zero-order valence-electron chi connectivity index (χ0n) is 16.1. The van der Waals surface area contributed by atoms with E-state index < -0.39 is 5.72 Å². The van der Waals surface area contributed by atoms with Gasteiger partial charge in [0.1, 0.15) is 12.0 Å². The molecule has 144 valence electrons. The number of hydrogen-bond acceptors (Lipinski definition) is 4. The van der Waals surface area contributed by atoms with Gasteiger partial charge in [0.15, 0.2) is 0 Å². The Hall–Kier alpha value is -1.49. The van der Waals surface area contributed by atoms with Gasteiger partial charge in [0.05, 0.1) is 6.04 Å². The number of hydrogen-bond donors (Lipinski definition) is 2. The Morgan fingerprint density at radius 1 is 1.22 bits per heavy atom. The van der Waals surface area contributed by atoms with Gasteiger partial charge in [-0.15, -0.1) is 0 Å². The molecule has 6 rings (SSSR count). The van der Waals surface area contributed by atoms with Crippen LogP contribution in [0.1, 0.15) is 60.9 Å². The molecule has 0 aromatic heterocycles. The third kappa shape index (κ3) is 2.65. The quantitative estimate of drug-likeness (QED) is 0.462. The molecule has 1 aromatic rings. The molecular weight excluding hydrogens is 336 g/mol. The highest BCUT2D eigenvalue weighted by Gasteiger charge is 2.77. The predicted octanol–water partition coefficient (Wildman–Crippen LogP) is 3.08. The Labute approximate surface area is 161 Å². The van der Waals surface area contributed by atoms with E-state index in [2.05, 4.69) is 41.4 Å². The minimum Gasteiger partial charge on any atom is -0.373 e. The molecule has 3 heterocycles. The number of benzene rings is 1. The largest absolute Gasteiger partial charge is 0.373 e. The first kappa shape index (κ1) is 17.6. The maximum atomic E-state index is 11.4. The zero-order valence-corrected chi connectivity index (χ0v) is 16.1. The molecule has 1 unspecified atom stereocenters. The lowest BCUT2D eigenvalue weighted by molar-refractivity contribution is 0.0504. The molecule has 1 saturated carbocycles. The predicted molar refractivity (Wildman–Crippen MR) is 106 cm³/mol. The van der Waals surface area contributed by atoms with E-state index in [1.54, 1.807) is 0 Å². The molecule has 4 bridgehead atoms. The second-order valence-corrected chi connectivity index (χ2v) is 9.01. The van der Waals surface area contributed by atoms with Crippen LogP contribution < -0.4 is 5.32 Å². The molecule has 5 aliphatic rings. The van der Waals surface area contributed by atoms with Crippen LogP contribution in [0, 0.1) is 11.8 Å². The minimum absolute atomic E-state index is 0.183. The smallest absolute Gasteiger partial charge is 0.150 e. The molecule has 4 nitrogen and oxygen atoms in total. The van der Waals surface area contributed by atoms with Crippen molar-refractivity contribution in [3.05, 3.63) is 47.5 Å². The molecule has 7 atom stereocenters. The molecule has 27 heavy (non-hydrogen) atoms. The van der Waals surface area contributed by atoms with Gasteiger partial charge < -0.3 is 10.4 Å². The van der Waals surface area contributed by atoms with Crippen LogP contribution >= 0.6 is 0 Å². The van der Waals surface area contributed by atoms with Crippen LogP contribution in [-0.2, 0) is 0 Å². The van der Waals surface area contributed by atoms with Crippen molar-refractivity contribution in [3.63, 3.8) is 0 Å². The number of carbonyl (C=O) groups is 1. The van der Waals surface area contributed by atoms with Crippen molar-refractivity contribution in [1.82, 2.24) is 10.2 Å². The van der Waals surface area contributed by atoms with Crippen molar-refractivity contribution < 1.29 is 9.90 Å². The van der Waals surface area contributed by atoms with E-state index in [-0.39, 0.29) is 12.0 Å². The number of rotatable bonds is 6. The second-order valence-electron chi connectivity index (χ2n) is 9.01. The highest BCUT2D eigenvalue weighted by Crippen LogP contribution is 2.63. The van der Waals surface area contributed by atoms with Gasteiger partial charge in [-0.05, 0) is 24.3 Å². The first-order chi connectivity index (χ1) is 13.1. The monoisotopic (exact) mass is 366 g/mol. The summed E-state index contributed by atoms with van der Waals surface area (Å²) in [5, 5.41) is 15.2. The molecule has 3 aliphatic heterocycles. The molecule has 0 radical (unpaired) electrons. The van der Waals surface area contributed by atoms with Gasteiger partial charge in [-0.3, -0.25) is 9.69 Å². The van der Waals surface area contributed by atoms with Gasteiger partial charge in [0, 0.05) is 36.0 Å². The molecule has 2 saturated heterocycles. The first-order valence-corrected chi connectivity index (χ1v) is 10.6. The summed E-state index contributed by atoms with van der Waals surface area (Å²) in [6, 6.07) is 9.10. The van der Waals surface area contributed by atoms with Crippen molar-refractivity contribution in [1.29, 1.82) is 0 Å². The molecular formula is C23H30N2O2. The van der Waals surface area contributed by atoms with Crippen LogP contribution in [0.25, 0.3) is 0 Å². The lowest BCUT2D eigenvalue weighted by atomic mass is 9.74. The second kappa shape index (κ2) is 6.54. The standard InChI is InChI=1S/C23H30N2O2/c1-15(17-9-7-16(14-26)8-10-17)22-19-11-12-21-23(27,25(21)22)20(19)13-24-18-5-3-2-4-6-18/h7-12,14-15,18-22,24,27H,2-6,13H2,1H3/t15-,19-,20+,21+,22+,23+,25?/m1/s1. The fraction of sp³-hybridized carbons (Fsp3) is 0.609. The van der Waals surface area contributed by atoms with E-state index in [0.717, 1.165) is 18.4 Å². The van der Waals surface area contributed by atoms with Crippen LogP contribution in [0.4, 0.5) is 0 Å². The highest BCUT2D eigenvalue weighted by atomic mass is 16.3. The molecule has 0 spiro atoms. The van der Waals surface area contributed by atoms with Crippen molar-refractivity contribution in [2.24, 2.45) is 11.8 Å². The lowest BCUT2D eigenvalue weighted by Gasteiger charge is -2.35. The molecule has 0 amide bonds. The fourth-order valence-electron chi connectivity index (χ4n) is 6.13. The molecule has 1 aromatic carbocycles. The number of piperidine rings is 1. The van der Waals surface area contributed by atoms with Crippen molar-refractivity contribution in [2.75, 3.05) is 6.54 Å². The van der Waals surface area contributed by atoms with Crippen molar-refractivity contribution in [3.8, 4) is 0 Å². The van der Waals surface area contributed by atoms with Gasteiger partial charge in [-0.25, -0.2) is 0 Å². The van der Waals surface area contributed by atoms with Crippen molar-refractivity contribution >= 4 is 6.29 Å². The minimum atomic E-state index is -0.650. The maximum Gasteiger partial charge on any atom is 0.150 e. The van der Waals surface area contributed by atoms with E-state index >= 15 is 0 Å². The number of nitrogens with zero attached hydrogens (tertiary/aromatic N) is 1. The Bertz CT molecular complexity index is 739. The van der Waals surface area contributed by atoms with E-state index in [0.29, 0.717) is 23.9 Å². The number of aldehydes is 1. The average molecular weight is 367 g/mol. The molecule has 4 heteroatoms. The Morgan fingerprint density at radius 2 is 1.96 bits per heavy atom. The normalized spacial score (nSPS) is 40.7. The van der Waals surface area contributed by atoms with E-state index in [4.69, 9.17) is 0 Å². The summed E-state index contributed by atoms with van der Waals surface area (Å²) < 4.78 is 0. The summed E-state index contributed by atoms with van der Waals surface area (Å²) in [6.45, 7) is 3.18. The topological polar surface area (TPSA) is 52.3 Å². The van der Waals surface area contributed by atoms with Gasteiger partial charge >= 0.3 is 0 Å². The third-order valence-electron chi connectivity index (χ3n) is 7.66. The lowest BCUT2D eigenvalue weighted by Crippen LogP contribution is -2.45. The number of nitrogens with one attached hydrogen (secondary N) is 1. The van der Waals surface area contributed by atoms with Crippen LogP contribution in [0.2, 0.25) is 0 Å². The Kier molecular flexibility index (Phi) is 4.26. The summed E-state index contributed by atoms with van der Waals surface area (Å²) in [5.41, 5.74) is 1.32. The van der Waals surface area contributed by atoms with Crippen molar-refractivity contribution in [2.45, 2.75) is 68.8 Å². The summed E-state index contributed by atoms with van der Waals surface area (Å²) in [4.78, 5) is 13.3. The molecule has 2 N–H and O–H groups in total. The molecule has 2 aliphatic carbocycles. The van der Waals surface area contributed by atoms with E-state index in [9.17, 15) is 9.90 Å². The van der Waals surface area contributed by atoms with Crippen LogP contribution in [0.3, 0.4) is 0 Å². The SMILES string of the molecule is C[C@H](c1ccc(C=O)cc1)[C@H]1[C@@H]2C=C[C@@H]3N1[C@]3(O)[C@H]2CNC1CCCCC1. The van der Waals surface area contributed by atoms with Crippen LogP contribution in [-0.4, -0.2) is 46.7 Å². The number of carbonyl (C=O) groups excluding carboxylic acids is 1. The third-order valence-corrected chi connectivity index (χ3v) is 7.66. The molecule has 3 fully saturated rings. The van der Waals surface area contributed by atoms with Gasteiger partial charge in [0.25, 0.3) is 0 Å². The average Bonchev–Trinajstić information content (AvgIpc) is 3.28. The first-order valence-electron chi connectivity index (χ1n) is 10.6. The highest BCUT2D eigenvalue weighted by molar-refractivity contribution is 5.74. The van der Waals surface area contributed by atoms with E-state index in [1.165, 1.54) is 37.7 Å². The van der Waals surface area contributed by atoms with Gasteiger partial charge in [-0.1, -0.05) is 62.6 Å². The summed E-state index contributed by atoms with van der Waals surface area (Å²) in [6.07, 6.45) is 12.1. The van der Waals surface area contributed by atoms with Gasteiger partial charge in [-0.2, -0.15) is 0 Å². The summed E-state index contributed by atoms with van der Waals surface area (Å²) in [7, 11) is 0. The zero-order chi connectivity index (χ0) is 18.6. The summed E-state index contributed by atoms with van der Waals surface area (Å²) >= 11 is 0.